The molecule has 1 aliphatic heterocycles. The Morgan fingerprint density at radius 1 is 1.43 bits per heavy atom. The Labute approximate surface area is 134 Å². The summed E-state index contributed by atoms with van der Waals surface area (Å²) in [7, 11) is 0. The summed E-state index contributed by atoms with van der Waals surface area (Å²) in [6.45, 7) is 5.16. The van der Waals surface area contributed by atoms with Crippen LogP contribution in [0.3, 0.4) is 0 Å². The smallest absolute Gasteiger partial charge is 0.229 e. The summed E-state index contributed by atoms with van der Waals surface area (Å²) in [5.41, 5.74) is 1.92. The number of benzene rings is 1. The van der Waals surface area contributed by atoms with E-state index in [4.69, 9.17) is 0 Å². The first-order valence-electron chi connectivity index (χ1n) is 7.36. The minimum absolute atomic E-state index is 0.00634. The average molecular weight is 353 g/mol. The summed E-state index contributed by atoms with van der Waals surface area (Å²) in [6.07, 6.45) is 2.22. The number of anilines is 1. The molecule has 0 saturated carbocycles. The summed E-state index contributed by atoms with van der Waals surface area (Å²) in [5, 5.41) is 2.96. The lowest BCUT2D eigenvalue weighted by Gasteiger charge is -2.32. The predicted molar refractivity (Wildman–Crippen MR) is 87.1 cm³/mol. The van der Waals surface area contributed by atoms with Crippen LogP contribution in [-0.4, -0.2) is 29.8 Å². The first-order chi connectivity index (χ1) is 10.0. The lowest BCUT2D eigenvalue weighted by molar-refractivity contribution is -0.134. The second-order valence-electron chi connectivity index (χ2n) is 5.51. The number of piperidine rings is 1. The Morgan fingerprint density at radius 2 is 2.19 bits per heavy atom. The number of likely N-dealkylation sites (tertiary alicyclic amines) is 1. The third-order valence-electron chi connectivity index (χ3n) is 3.83. The van der Waals surface area contributed by atoms with Crippen molar-refractivity contribution in [3.8, 4) is 0 Å². The Morgan fingerprint density at radius 3 is 2.86 bits per heavy atom. The maximum absolute atomic E-state index is 12.4. The fraction of sp³-hybridized carbons (Fsp3) is 0.500. The van der Waals surface area contributed by atoms with Crippen LogP contribution in [0.1, 0.15) is 31.7 Å². The van der Waals surface area contributed by atoms with Crippen LogP contribution in [0.25, 0.3) is 0 Å². The standard InChI is InChI=1S/C16H21BrN2O2/c1-3-15(20)19-8-4-5-12(10-19)16(21)18-14-7-6-11(2)9-13(14)17/h6-7,9,12H,3-5,8,10H2,1-2H3,(H,18,21). The zero-order valence-electron chi connectivity index (χ0n) is 12.5. The van der Waals surface area contributed by atoms with E-state index in [9.17, 15) is 9.59 Å². The van der Waals surface area contributed by atoms with E-state index in [1.807, 2.05) is 32.0 Å². The van der Waals surface area contributed by atoms with E-state index in [0.29, 0.717) is 13.0 Å². The number of nitrogens with one attached hydrogen (secondary N) is 1. The summed E-state index contributed by atoms with van der Waals surface area (Å²) in [5.74, 6) is -0.000347. The lowest BCUT2D eigenvalue weighted by Crippen LogP contribution is -2.43. The zero-order valence-corrected chi connectivity index (χ0v) is 14.1. The zero-order chi connectivity index (χ0) is 15.4. The Balaban J connectivity index is 2.01. The number of rotatable bonds is 3. The number of carbonyl (C=O) groups is 2. The molecule has 2 rings (SSSR count). The number of aryl methyl sites for hydroxylation is 1. The van der Waals surface area contributed by atoms with Crippen molar-refractivity contribution < 1.29 is 9.59 Å². The monoisotopic (exact) mass is 352 g/mol. The number of halogens is 1. The molecule has 4 nitrogen and oxygen atoms in total. The Bertz CT molecular complexity index is 545. The molecule has 0 spiro atoms. The number of hydrogen-bond acceptors (Lipinski definition) is 2. The molecule has 1 atom stereocenters. The van der Waals surface area contributed by atoms with Gasteiger partial charge in [-0.1, -0.05) is 13.0 Å². The molecule has 2 amide bonds. The number of amides is 2. The van der Waals surface area contributed by atoms with Crippen LogP contribution in [-0.2, 0) is 9.59 Å². The molecule has 21 heavy (non-hydrogen) atoms. The molecule has 1 aliphatic rings. The van der Waals surface area contributed by atoms with Gasteiger partial charge < -0.3 is 10.2 Å². The van der Waals surface area contributed by atoms with Gasteiger partial charge in [0.05, 0.1) is 11.6 Å². The van der Waals surface area contributed by atoms with Crippen molar-refractivity contribution in [3.05, 3.63) is 28.2 Å². The molecule has 1 fully saturated rings. The van der Waals surface area contributed by atoms with Gasteiger partial charge in [0.2, 0.25) is 11.8 Å². The molecule has 1 heterocycles. The predicted octanol–water partition coefficient (Wildman–Crippen LogP) is 3.34. The molecule has 0 bridgehead atoms. The van der Waals surface area contributed by atoms with Gasteiger partial charge in [0.25, 0.3) is 0 Å². The third-order valence-corrected chi connectivity index (χ3v) is 4.49. The minimum atomic E-state index is -0.123. The normalized spacial score (nSPS) is 18.4. The third kappa shape index (κ3) is 4.06. The van der Waals surface area contributed by atoms with Crippen LogP contribution < -0.4 is 5.32 Å². The SMILES string of the molecule is CCC(=O)N1CCCC(C(=O)Nc2ccc(C)cc2Br)C1. The molecular formula is C16H21BrN2O2. The highest BCUT2D eigenvalue weighted by Crippen LogP contribution is 2.25. The van der Waals surface area contributed by atoms with Crippen molar-refractivity contribution in [1.82, 2.24) is 4.90 Å². The fourth-order valence-electron chi connectivity index (χ4n) is 2.60. The van der Waals surface area contributed by atoms with Crippen LogP contribution in [0.15, 0.2) is 22.7 Å². The van der Waals surface area contributed by atoms with Gasteiger partial charge in [-0.25, -0.2) is 0 Å². The number of hydrogen-bond donors (Lipinski definition) is 1. The van der Waals surface area contributed by atoms with Crippen LogP contribution in [0, 0.1) is 12.8 Å². The molecule has 114 valence electrons. The second-order valence-corrected chi connectivity index (χ2v) is 6.36. The fourth-order valence-corrected chi connectivity index (χ4v) is 3.19. The van der Waals surface area contributed by atoms with Gasteiger partial charge in [0.1, 0.15) is 0 Å². The van der Waals surface area contributed by atoms with Gasteiger partial charge in [0.15, 0.2) is 0 Å². The lowest BCUT2D eigenvalue weighted by atomic mass is 9.96. The molecule has 1 unspecified atom stereocenters. The first-order valence-corrected chi connectivity index (χ1v) is 8.15. The van der Waals surface area contributed by atoms with E-state index in [2.05, 4.69) is 21.2 Å². The molecule has 1 N–H and O–H groups in total. The molecule has 1 aromatic rings. The molecular weight excluding hydrogens is 332 g/mol. The van der Waals surface area contributed by atoms with Crippen LogP contribution in [0.2, 0.25) is 0 Å². The van der Waals surface area contributed by atoms with E-state index in [0.717, 1.165) is 35.1 Å². The summed E-state index contributed by atoms with van der Waals surface area (Å²) < 4.78 is 0.883. The molecule has 0 aromatic heterocycles. The van der Waals surface area contributed by atoms with Crippen molar-refractivity contribution in [2.45, 2.75) is 33.1 Å². The second kappa shape index (κ2) is 7.07. The number of nitrogens with zero attached hydrogens (tertiary/aromatic N) is 1. The van der Waals surface area contributed by atoms with Crippen molar-refractivity contribution in [2.24, 2.45) is 5.92 Å². The van der Waals surface area contributed by atoms with E-state index < -0.39 is 0 Å². The van der Waals surface area contributed by atoms with Crippen molar-refractivity contribution in [2.75, 3.05) is 18.4 Å². The summed E-state index contributed by atoms with van der Waals surface area (Å²) in [4.78, 5) is 26.0. The van der Waals surface area contributed by atoms with Crippen molar-refractivity contribution in [1.29, 1.82) is 0 Å². The highest BCUT2D eigenvalue weighted by Gasteiger charge is 2.27. The topological polar surface area (TPSA) is 49.4 Å². The summed E-state index contributed by atoms with van der Waals surface area (Å²) >= 11 is 3.47. The average Bonchev–Trinajstić information content (AvgIpc) is 2.49. The summed E-state index contributed by atoms with van der Waals surface area (Å²) in [6, 6.07) is 5.84. The van der Waals surface area contributed by atoms with E-state index in [1.165, 1.54) is 0 Å². The van der Waals surface area contributed by atoms with Gasteiger partial charge >= 0.3 is 0 Å². The first kappa shape index (κ1) is 16.0. The van der Waals surface area contributed by atoms with Gasteiger partial charge in [-0.2, -0.15) is 0 Å². The quantitative estimate of drug-likeness (QED) is 0.906. The van der Waals surface area contributed by atoms with Gasteiger partial charge in [-0.3, -0.25) is 9.59 Å². The van der Waals surface area contributed by atoms with Crippen LogP contribution >= 0.6 is 15.9 Å². The van der Waals surface area contributed by atoms with E-state index in [-0.39, 0.29) is 17.7 Å². The van der Waals surface area contributed by atoms with Crippen LogP contribution in [0.5, 0.6) is 0 Å². The van der Waals surface area contributed by atoms with Crippen LogP contribution in [0.4, 0.5) is 5.69 Å². The van der Waals surface area contributed by atoms with Gasteiger partial charge in [-0.15, -0.1) is 0 Å². The molecule has 0 aliphatic carbocycles. The maximum Gasteiger partial charge on any atom is 0.229 e. The van der Waals surface area contributed by atoms with Crippen molar-refractivity contribution in [3.63, 3.8) is 0 Å². The number of carbonyl (C=O) groups excluding carboxylic acids is 2. The minimum Gasteiger partial charge on any atom is -0.342 e. The Kier molecular flexibility index (Phi) is 5.39. The molecule has 1 aromatic carbocycles. The van der Waals surface area contributed by atoms with Crippen molar-refractivity contribution >= 4 is 33.4 Å². The molecule has 5 heteroatoms. The Hall–Kier alpha value is -1.36. The van der Waals surface area contributed by atoms with E-state index in [1.54, 1.807) is 4.90 Å². The highest BCUT2D eigenvalue weighted by atomic mass is 79.9. The van der Waals surface area contributed by atoms with Gasteiger partial charge in [0, 0.05) is 24.0 Å². The maximum atomic E-state index is 12.4. The molecule has 1 saturated heterocycles. The van der Waals surface area contributed by atoms with Gasteiger partial charge in [-0.05, 0) is 53.4 Å². The highest BCUT2D eigenvalue weighted by molar-refractivity contribution is 9.10. The largest absolute Gasteiger partial charge is 0.342 e. The van der Waals surface area contributed by atoms with E-state index >= 15 is 0 Å². The molecule has 0 radical (unpaired) electrons.